The first kappa shape index (κ1) is 27.4. The zero-order valence-corrected chi connectivity index (χ0v) is 24.0. The van der Waals surface area contributed by atoms with Gasteiger partial charge in [0.25, 0.3) is 11.8 Å². The molecule has 2 unspecified atom stereocenters. The highest BCUT2D eigenvalue weighted by molar-refractivity contribution is 9.10. The standard InChI is InChI=1S/C18H17N3O2.C13H13BrN2O2/c22-17-16(20-18(21-17)9-3-11-23-12-18)14-7-5-13(6-8-14)15-4-1-2-10-19-15;14-10-4-2-9(3-5-10)11-12(17)16-13(15-11)6-1-7-18-8-13/h1-2,4-8,10H,3,9,11-12H2,(H,21,22);2-5H,1,6-8H2,(H,16,17). The van der Waals surface area contributed by atoms with Crippen LogP contribution < -0.4 is 10.6 Å². The fourth-order valence-electron chi connectivity index (χ4n) is 5.39. The molecule has 0 aliphatic carbocycles. The smallest absolute Gasteiger partial charge is 0.272 e. The maximum Gasteiger partial charge on any atom is 0.272 e. The molecule has 0 radical (unpaired) electrons. The number of hydrogen-bond acceptors (Lipinski definition) is 7. The van der Waals surface area contributed by atoms with E-state index in [1.807, 2.05) is 66.7 Å². The van der Waals surface area contributed by atoms with Gasteiger partial charge >= 0.3 is 0 Å². The van der Waals surface area contributed by atoms with Crippen LogP contribution in [0.3, 0.4) is 0 Å². The zero-order chi connectivity index (χ0) is 28.3. The SMILES string of the molecule is O=C1NC2(CCCOC2)N=C1c1ccc(-c2ccccn2)cc1.O=C1NC2(CCCOC2)N=C1c1ccc(Br)cc1. The quantitative estimate of drug-likeness (QED) is 0.461. The average Bonchev–Trinajstić information content (AvgIpc) is 3.50. The van der Waals surface area contributed by atoms with Gasteiger partial charge in [0.15, 0.2) is 11.3 Å². The Morgan fingerprint density at radius 2 is 1.20 bits per heavy atom. The molecule has 3 aromatic rings. The molecule has 2 spiro atoms. The second-order valence-corrected chi connectivity index (χ2v) is 11.4. The second-order valence-electron chi connectivity index (χ2n) is 10.5. The number of halogens is 1. The summed E-state index contributed by atoms with van der Waals surface area (Å²) >= 11 is 3.38. The summed E-state index contributed by atoms with van der Waals surface area (Å²) in [7, 11) is 0. The fraction of sp³-hybridized carbons (Fsp3) is 0.323. The van der Waals surface area contributed by atoms with Gasteiger partial charge in [0.2, 0.25) is 0 Å². The molecule has 10 heteroatoms. The number of carbonyl (C=O) groups excluding carboxylic acids is 2. The van der Waals surface area contributed by atoms with E-state index in [9.17, 15) is 9.59 Å². The normalized spacial score (nSPS) is 25.2. The Labute approximate surface area is 246 Å². The van der Waals surface area contributed by atoms with Gasteiger partial charge in [-0.2, -0.15) is 0 Å². The van der Waals surface area contributed by atoms with E-state index in [1.165, 1.54) is 0 Å². The molecule has 2 N–H and O–H groups in total. The van der Waals surface area contributed by atoms with Crippen LogP contribution in [0.1, 0.15) is 36.8 Å². The van der Waals surface area contributed by atoms with Gasteiger partial charge in [-0.25, -0.2) is 9.98 Å². The number of nitrogens with zero attached hydrogens (tertiary/aromatic N) is 3. The van der Waals surface area contributed by atoms with E-state index < -0.39 is 11.3 Å². The van der Waals surface area contributed by atoms with Crippen LogP contribution in [0.4, 0.5) is 0 Å². The molecule has 7 rings (SSSR count). The van der Waals surface area contributed by atoms with E-state index in [-0.39, 0.29) is 11.8 Å². The molecule has 2 fully saturated rings. The van der Waals surface area contributed by atoms with Crippen molar-refractivity contribution >= 4 is 39.2 Å². The topological polar surface area (TPSA) is 114 Å². The molecule has 1 aromatic heterocycles. The molecule has 2 saturated heterocycles. The molecule has 2 amide bonds. The average molecular weight is 617 g/mol. The minimum absolute atomic E-state index is 0.108. The molecular formula is C31H30BrN5O4. The lowest BCUT2D eigenvalue weighted by molar-refractivity contribution is -0.117. The molecule has 41 heavy (non-hydrogen) atoms. The molecule has 210 valence electrons. The summed E-state index contributed by atoms with van der Waals surface area (Å²) in [5.41, 5.74) is 3.50. The predicted octanol–water partition coefficient (Wildman–Crippen LogP) is 4.05. The monoisotopic (exact) mass is 615 g/mol. The summed E-state index contributed by atoms with van der Waals surface area (Å²) in [6, 6.07) is 21.2. The van der Waals surface area contributed by atoms with Crippen LogP contribution in [-0.2, 0) is 19.1 Å². The Morgan fingerprint density at radius 3 is 1.66 bits per heavy atom. The van der Waals surface area contributed by atoms with Gasteiger partial charge in [0.05, 0.1) is 18.9 Å². The van der Waals surface area contributed by atoms with Crippen LogP contribution in [0, 0.1) is 0 Å². The van der Waals surface area contributed by atoms with Crippen molar-refractivity contribution in [2.24, 2.45) is 9.98 Å². The van der Waals surface area contributed by atoms with Gasteiger partial charge < -0.3 is 20.1 Å². The first-order valence-electron chi connectivity index (χ1n) is 13.7. The minimum atomic E-state index is -0.565. The lowest BCUT2D eigenvalue weighted by atomic mass is 10.0. The Kier molecular flexibility index (Phi) is 7.79. The summed E-state index contributed by atoms with van der Waals surface area (Å²) in [5, 5.41) is 5.94. The third-order valence-electron chi connectivity index (χ3n) is 7.45. The van der Waals surface area contributed by atoms with Crippen LogP contribution in [0.15, 0.2) is 87.4 Å². The van der Waals surface area contributed by atoms with E-state index in [0.717, 1.165) is 65.8 Å². The molecule has 5 heterocycles. The predicted molar refractivity (Wildman–Crippen MR) is 159 cm³/mol. The number of nitrogens with one attached hydrogen (secondary N) is 2. The highest BCUT2D eigenvalue weighted by Gasteiger charge is 2.42. The molecule has 0 saturated carbocycles. The van der Waals surface area contributed by atoms with E-state index in [4.69, 9.17) is 9.47 Å². The van der Waals surface area contributed by atoms with Crippen LogP contribution in [0.25, 0.3) is 11.3 Å². The number of rotatable bonds is 3. The lowest BCUT2D eigenvalue weighted by Crippen LogP contribution is -2.48. The van der Waals surface area contributed by atoms with Gasteiger partial charge in [-0.1, -0.05) is 58.4 Å². The van der Waals surface area contributed by atoms with Crippen molar-refractivity contribution in [1.82, 2.24) is 15.6 Å². The maximum atomic E-state index is 12.3. The fourth-order valence-corrected chi connectivity index (χ4v) is 5.66. The molecule has 2 aromatic carbocycles. The first-order chi connectivity index (χ1) is 19.9. The van der Waals surface area contributed by atoms with E-state index >= 15 is 0 Å². The lowest BCUT2D eigenvalue weighted by Gasteiger charge is -2.30. The van der Waals surface area contributed by atoms with Crippen molar-refractivity contribution in [3.8, 4) is 11.3 Å². The Hall–Kier alpha value is -3.73. The van der Waals surface area contributed by atoms with Crippen LogP contribution in [0.2, 0.25) is 0 Å². The number of ether oxygens (including phenoxy) is 2. The van der Waals surface area contributed by atoms with E-state index in [1.54, 1.807) is 6.20 Å². The van der Waals surface area contributed by atoms with Crippen LogP contribution in [0.5, 0.6) is 0 Å². The first-order valence-corrected chi connectivity index (χ1v) is 14.5. The van der Waals surface area contributed by atoms with Crippen molar-refractivity contribution in [1.29, 1.82) is 0 Å². The van der Waals surface area contributed by atoms with Gasteiger partial charge in [0.1, 0.15) is 11.4 Å². The largest absolute Gasteiger partial charge is 0.377 e. The van der Waals surface area contributed by atoms with Crippen LogP contribution >= 0.6 is 15.9 Å². The number of hydrogen-bond donors (Lipinski definition) is 2. The number of amides is 2. The summed E-state index contributed by atoms with van der Waals surface area (Å²) in [4.78, 5) is 37.9. The van der Waals surface area contributed by atoms with Crippen LogP contribution in [-0.4, -0.2) is 66.0 Å². The van der Waals surface area contributed by atoms with E-state index in [2.05, 4.69) is 41.5 Å². The highest BCUT2D eigenvalue weighted by atomic mass is 79.9. The number of aromatic nitrogens is 1. The van der Waals surface area contributed by atoms with E-state index in [0.29, 0.717) is 24.6 Å². The molecule has 2 atom stereocenters. The number of carbonyl (C=O) groups is 2. The summed E-state index contributed by atoms with van der Waals surface area (Å²) in [6.45, 7) is 2.41. The van der Waals surface area contributed by atoms with Gasteiger partial charge in [-0.15, -0.1) is 0 Å². The third kappa shape index (κ3) is 6.00. The summed E-state index contributed by atoms with van der Waals surface area (Å²) in [6.07, 6.45) is 5.28. The number of benzene rings is 2. The molecular weight excluding hydrogens is 586 g/mol. The van der Waals surface area contributed by atoms with Crippen molar-refractivity contribution in [2.45, 2.75) is 37.0 Å². The summed E-state index contributed by atoms with van der Waals surface area (Å²) < 4.78 is 11.9. The third-order valence-corrected chi connectivity index (χ3v) is 7.98. The van der Waals surface area contributed by atoms with Gasteiger partial charge in [-0.05, 0) is 49.9 Å². The van der Waals surface area contributed by atoms with Crippen molar-refractivity contribution in [3.05, 3.63) is 88.5 Å². The summed E-state index contributed by atoms with van der Waals surface area (Å²) in [5.74, 6) is -0.232. The second kappa shape index (κ2) is 11.6. The number of aliphatic imine (C=N–C) groups is 2. The minimum Gasteiger partial charge on any atom is -0.377 e. The molecule has 4 aliphatic heterocycles. The van der Waals surface area contributed by atoms with Gasteiger partial charge in [0, 0.05) is 40.6 Å². The number of pyridine rings is 1. The molecule has 0 bridgehead atoms. The molecule has 9 nitrogen and oxygen atoms in total. The Bertz CT molecular complexity index is 1480. The van der Waals surface area contributed by atoms with Crippen molar-refractivity contribution < 1.29 is 19.1 Å². The maximum absolute atomic E-state index is 12.3. The zero-order valence-electron chi connectivity index (χ0n) is 22.4. The Balaban J connectivity index is 0.000000152. The van der Waals surface area contributed by atoms with Gasteiger partial charge in [-0.3, -0.25) is 14.6 Å². The van der Waals surface area contributed by atoms with Crippen molar-refractivity contribution in [3.63, 3.8) is 0 Å². The highest BCUT2D eigenvalue weighted by Crippen LogP contribution is 2.28. The Morgan fingerprint density at radius 1 is 0.683 bits per heavy atom. The molecule has 4 aliphatic rings. The van der Waals surface area contributed by atoms with Crippen molar-refractivity contribution in [2.75, 3.05) is 26.4 Å².